The third-order valence-corrected chi connectivity index (χ3v) is 4.06. The molecular weight excluding hydrogens is 316 g/mol. The number of para-hydroxylation sites is 2. The summed E-state index contributed by atoms with van der Waals surface area (Å²) in [6.07, 6.45) is 0.997. The lowest BCUT2D eigenvalue weighted by Crippen LogP contribution is -2.26. The van der Waals surface area contributed by atoms with Crippen molar-refractivity contribution in [2.75, 3.05) is 6.61 Å². The van der Waals surface area contributed by atoms with Crippen LogP contribution in [0.5, 0.6) is 11.5 Å². The first-order valence-corrected chi connectivity index (χ1v) is 8.36. The predicted molar refractivity (Wildman–Crippen MR) is 99.1 cm³/mol. The first-order valence-electron chi connectivity index (χ1n) is 8.36. The fraction of sp³-hybridized carbons (Fsp3) is 0.300. The molecule has 5 nitrogen and oxygen atoms in total. The molecule has 25 heavy (non-hydrogen) atoms. The van der Waals surface area contributed by atoms with E-state index in [0.717, 1.165) is 12.0 Å². The van der Waals surface area contributed by atoms with E-state index < -0.39 is 0 Å². The van der Waals surface area contributed by atoms with E-state index in [-0.39, 0.29) is 18.3 Å². The second-order valence-electron chi connectivity index (χ2n) is 5.89. The Morgan fingerprint density at radius 2 is 1.88 bits per heavy atom. The van der Waals surface area contributed by atoms with Crippen molar-refractivity contribution < 1.29 is 14.6 Å². The zero-order chi connectivity index (χ0) is 18.2. The molecule has 2 rings (SSSR count). The molecule has 2 N–H and O–H groups in total. The highest BCUT2D eigenvalue weighted by atomic mass is 16.5. The zero-order valence-electron chi connectivity index (χ0n) is 14.8. The molecule has 0 saturated heterocycles. The van der Waals surface area contributed by atoms with Crippen molar-refractivity contribution in [2.24, 2.45) is 5.10 Å². The van der Waals surface area contributed by atoms with Gasteiger partial charge in [-0.15, -0.1) is 0 Å². The smallest absolute Gasteiger partial charge is 0.277 e. The number of ether oxygens (including phenoxy) is 1. The average molecular weight is 340 g/mol. The number of phenols is 1. The molecule has 0 aliphatic heterocycles. The summed E-state index contributed by atoms with van der Waals surface area (Å²) in [4.78, 5) is 12.0. The first kappa shape index (κ1) is 18.5. The molecule has 0 saturated carbocycles. The molecule has 0 fully saturated rings. The maximum absolute atomic E-state index is 12.0. The first-order chi connectivity index (χ1) is 12.0. The third-order valence-electron chi connectivity index (χ3n) is 4.06. The number of hydrogen-bond donors (Lipinski definition) is 2. The summed E-state index contributed by atoms with van der Waals surface area (Å²) in [5, 5.41) is 13.8. The number of hydrazone groups is 1. The van der Waals surface area contributed by atoms with Gasteiger partial charge in [-0.05, 0) is 43.0 Å². The lowest BCUT2D eigenvalue weighted by atomic mass is 9.98. The van der Waals surface area contributed by atoms with Gasteiger partial charge < -0.3 is 9.84 Å². The number of phenolic OH excluding ortho intramolecular Hbond substituents is 1. The van der Waals surface area contributed by atoms with Crippen molar-refractivity contribution in [3.8, 4) is 11.5 Å². The van der Waals surface area contributed by atoms with Crippen LogP contribution in [0.2, 0.25) is 0 Å². The van der Waals surface area contributed by atoms with Crippen LogP contribution in [0.15, 0.2) is 53.6 Å². The maximum Gasteiger partial charge on any atom is 0.277 e. The van der Waals surface area contributed by atoms with E-state index in [1.54, 1.807) is 31.2 Å². The molecule has 1 amide bonds. The Balaban J connectivity index is 1.96. The van der Waals surface area contributed by atoms with Crippen molar-refractivity contribution in [2.45, 2.75) is 33.1 Å². The fourth-order valence-electron chi connectivity index (χ4n) is 2.40. The Hall–Kier alpha value is -2.82. The number of aromatic hydroxyl groups is 1. The average Bonchev–Trinajstić information content (AvgIpc) is 2.64. The molecule has 2 aromatic rings. The van der Waals surface area contributed by atoms with Crippen LogP contribution in [0.25, 0.3) is 0 Å². The number of carbonyl (C=O) groups is 1. The molecular formula is C20H24N2O3. The maximum atomic E-state index is 12.0. The Morgan fingerprint density at radius 3 is 2.60 bits per heavy atom. The van der Waals surface area contributed by atoms with Gasteiger partial charge >= 0.3 is 0 Å². The SMILES string of the molecule is CCC(C)c1ccccc1OCC(=O)NN=C(C)c1ccccc1O. The van der Waals surface area contributed by atoms with Crippen LogP contribution in [-0.2, 0) is 4.79 Å². The van der Waals surface area contributed by atoms with Crippen molar-refractivity contribution in [3.63, 3.8) is 0 Å². The van der Waals surface area contributed by atoms with Gasteiger partial charge in [-0.2, -0.15) is 5.10 Å². The molecule has 0 spiro atoms. The van der Waals surface area contributed by atoms with Gasteiger partial charge in [-0.3, -0.25) is 4.79 Å². The summed E-state index contributed by atoms with van der Waals surface area (Å²) in [5.74, 6) is 0.847. The summed E-state index contributed by atoms with van der Waals surface area (Å²) >= 11 is 0. The minimum absolute atomic E-state index is 0.120. The van der Waals surface area contributed by atoms with E-state index in [9.17, 15) is 9.90 Å². The number of nitrogens with zero attached hydrogens (tertiary/aromatic N) is 1. The van der Waals surface area contributed by atoms with Gasteiger partial charge in [0, 0.05) is 5.56 Å². The van der Waals surface area contributed by atoms with Crippen LogP contribution in [0, 0.1) is 0 Å². The standard InChI is InChI=1S/C20H24N2O3/c1-4-14(2)16-9-6-8-12-19(16)25-13-20(24)22-21-15(3)17-10-5-7-11-18(17)23/h5-12,14,23H,4,13H2,1-3H3,(H,22,24). The van der Waals surface area contributed by atoms with E-state index >= 15 is 0 Å². The van der Waals surface area contributed by atoms with Crippen LogP contribution in [-0.4, -0.2) is 23.3 Å². The van der Waals surface area contributed by atoms with E-state index in [0.29, 0.717) is 22.9 Å². The van der Waals surface area contributed by atoms with Gasteiger partial charge in [0.25, 0.3) is 5.91 Å². The number of amides is 1. The molecule has 0 aliphatic carbocycles. The Morgan fingerprint density at radius 1 is 1.20 bits per heavy atom. The fourth-order valence-corrected chi connectivity index (χ4v) is 2.40. The molecule has 1 unspecified atom stereocenters. The minimum Gasteiger partial charge on any atom is -0.507 e. The van der Waals surface area contributed by atoms with Crippen molar-refractivity contribution in [3.05, 3.63) is 59.7 Å². The quantitative estimate of drug-likeness (QED) is 0.594. The Kier molecular flexibility index (Phi) is 6.57. The van der Waals surface area contributed by atoms with Gasteiger partial charge in [-0.1, -0.05) is 44.2 Å². The van der Waals surface area contributed by atoms with Gasteiger partial charge in [0.05, 0.1) is 5.71 Å². The van der Waals surface area contributed by atoms with Gasteiger partial charge in [-0.25, -0.2) is 5.43 Å². The minimum atomic E-state index is -0.353. The monoisotopic (exact) mass is 340 g/mol. The highest BCUT2D eigenvalue weighted by molar-refractivity contribution is 6.01. The van der Waals surface area contributed by atoms with Gasteiger partial charge in [0.15, 0.2) is 6.61 Å². The van der Waals surface area contributed by atoms with E-state index in [4.69, 9.17) is 4.74 Å². The number of benzene rings is 2. The van der Waals surface area contributed by atoms with Gasteiger partial charge in [0.2, 0.25) is 0 Å². The molecule has 2 aromatic carbocycles. The number of rotatable bonds is 7. The van der Waals surface area contributed by atoms with E-state index in [1.807, 2.05) is 24.3 Å². The summed E-state index contributed by atoms with van der Waals surface area (Å²) in [6.45, 7) is 5.84. The summed E-state index contributed by atoms with van der Waals surface area (Å²) in [7, 11) is 0. The van der Waals surface area contributed by atoms with Crippen LogP contribution in [0.1, 0.15) is 44.2 Å². The highest BCUT2D eigenvalue weighted by Gasteiger charge is 2.11. The summed E-state index contributed by atoms with van der Waals surface area (Å²) < 4.78 is 5.65. The molecule has 5 heteroatoms. The van der Waals surface area contributed by atoms with E-state index in [1.165, 1.54) is 0 Å². The summed E-state index contributed by atoms with van der Waals surface area (Å²) in [6, 6.07) is 14.6. The second kappa shape index (κ2) is 8.87. The summed E-state index contributed by atoms with van der Waals surface area (Å²) in [5.41, 5.74) is 4.64. The number of hydrogen-bond acceptors (Lipinski definition) is 4. The predicted octanol–water partition coefficient (Wildman–Crippen LogP) is 3.82. The van der Waals surface area contributed by atoms with Crippen LogP contribution < -0.4 is 10.2 Å². The van der Waals surface area contributed by atoms with E-state index in [2.05, 4.69) is 24.4 Å². The molecule has 0 radical (unpaired) electrons. The van der Waals surface area contributed by atoms with Gasteiger partial charge in [0.1, 0.15) is 11.5 Å². The molecule has 0 bridgehead atoms. The number of nitrogens with one attached hydrogen (secondary N) is 1. The molecule has 132 valence electrons. The third kappa shape index (κ3) is 5.08. The van der Waals surface area contributed by atoms with Crippen LogP contribution in [0.4, 0.5) is 0 Å². The zero-order valence-corrected chi connectivity index (χ0v) is 14.8. The molecule has 0 aliphatic rings. The normalized spacial score (nSPS) is 12.5. The van der Waals surface area contributed by atoms with Crippen LogP contribution >= 0.6 is 0 Å². The highest BCUT2D eigenvalue weighted by Crippen LogP contribution is 2.28. The Labute approximate surface area is 148 Å². The second-order valence-corrected chi connectivity index (χ2v) is 5.89. The lowest BCUT2D eigenvalue weighted by Gasteiger charge is -2.15. The largest absolute Gasteiger partial charge is 0.507 e. The molecule has 0 heterocycles. The topological polar surface area (TPSA) is 70.9 Å². The molecule has 1 atom stereocenters. The lowest BCUT2D eigenvalue weighted by molar-refractivity contribution is -0.123. The van der Waals surface area contributed by atoms with Crippen molar-refractivity contribution in [1.29, 1.82) is 0 Å². The van der Waals surface area contributed by atoms with Crippen LogP contribution in [0.3, 0.4) is 0 Å². The number of carbonyl (C=O) groups excluding carboxylic acids is 1. The van der Waals surface area contributed by atoms with Crippen molar-refractivity contribution >= 4 is 11.6 Å². The Bertz CT molecular complexity index is 756. The molecule has 0 aromatic heterocycles. The van der Waals surface area contributed by atoms with Crippen molar-refractivity contribution in [1.82, 2.24) is 5.43 Å².